The number of nitrogens with zero attached hydrogens (tertiary/aromatic N) is 3. The molecule has 0 aliphatic rings. The highest BCUT2D eigenvalue weighted by atomic mass is 16.6. The van der Waals surface area contributed by atoms with Gasteiger partial charge in [-0.25, -0.2) is 4.98 Å². The molecular weight excluding hydrogens is 360 g/mol. The summed E-state index contributed by atoms with van der Waals surface area (Å²) in [6.07, 6.45) is 2.97. The molecular formula is C20H18N4O4. The summed E-state index contributed by atoms with van der Waals surface area (Å²) in [6, 6.07) is 18.0. The monoisotopic (exact) mass is 378 g/mol. The first-order chi connectivity index (χ1) is 13.7. The van der Waals surface area contributed by atoms with Gasteiger partial charge in [0.1, 0.15) is 6.61 Å². The van der Waals surface area contributed by atoms with Crippen LogP contribution in [0, 0.1) is 10.1 Å². The largest absolute Gasteiger partial charge is 0.493 e. The molecule has 3 aromatic rings. The van der Waals surface area contributed by atoms with E-state index in [0.717, 1.165) is 11.1 Å². The minimum absolute atomic E-state index is 0.0674. The summed E-state index contributed by atoms with van der Waals surface area (Å²) >= 11 is 0. The number of hydrogen-bond donors (Lipinski definition) is 1. The lowest BCUT2D eigenvalue weighted by atomic mass is 10.2. The second-order valence-corrected chi connectivity index (χ2v) is 5.68. The van der Waals surface area contributed by atoms with Crippen LogP contribution in [-0.2, 0) is 6.61 Å². The summed E-state index contributed by atoms with van der Waals surface area (Å²) in [6.45, 7) is 0.399. The van der Waals surface area contributed by atoms with Crippen molar-refractivity contribution < 1.29 is 14.4 Å². The molecule has 8 nitrogen and oxygen atoms in total. The van der Waals surface area contributed by atoms with E-state index in [0.29, 0.717) is 18.1 Å². The van der Waals surface area contributed by atoms with Crippen molar-refractivity contribution in [2.24, 2.45) is 5.10 Å². The maximum atomic E-state index is 11.0. The van der Waals surface area contributed by atoms with Crippen LogP contribution in [0.5, 0.6) is 11.5 Å². The van der Waals surface area contributed by atoms with E-state index in [-0.39, 0.29) is 11.5 Å². The Labute approximate surface area is 161 Å². The summed E-state index contributed by atoms with van der Waals surface area (Å²) in [7, 11) is 1.57. The van der Waals surface area contributed by atoms with Crippen LogP contribution in [-0.4, -0.2) is 23.2 Å². The average Bonchev–Trinajstić information content (AvgIpc) is 2.73. The summed E-state index contributed by atoms with van der Waals surface area (Å²) in [5.74, 6) is 1.23. The van der Waals surface area contributed by atoms with Crippen molar-refractivity contribution in [3.8, 4) is 11.5 Å². The van der Waals surface area contributed by atoms with Gasteiger partial charge in [0, 0.05) is 12.3 Å². The molecule has 1 N–H and O–H groups in total. The molecule has 3 rings (SSSR count). The third kappa shape index (κ3) is 4.82. The van der Waals surface area contributed by atoms with Crippen molar-refractivity contribution in [2.45, 2.75) is 6.61 Å². The highest BCUT2D eigenvalue weighted by Gasteiger charge is 2.13. The van der Waals surface area contributed by atoms with E-state index in [1.807, 2.05) is 30.3 Å². The van der Waals surface area contributed by atoms with E-state index in [4.69, 9.17) is 9.47 Å². The van der Waals surface area contributed by atoms with E-state index < -0.39 is 4.92 Å². The number of methoxy groups -OCH3 is 1. The first-order valence-corrected chi connectivity index (χ1v) is 8.40. The number of hydrogen-bond acceptors (Lipinski definition) is 7. The quantitative estimate of drug-likeness (QED) is 0.361. The van der Waals surface area contributed by atoms with Crippen LogP contribution in [0.4, 0.5) is 11.5 Å². The zero-order valence-corrected chi connectivity index (χ0v) is 15.1. The Bertz CT molecular complexity index is 977. The standard InChI is InChI=1S/C20H18N4O4/c1-27-18-10-9-16(12-19(18)28-14-15-6-3-2-4-7-15)13-22-23-20-17(24(25)26)8-5-11-21-20/h2-13H,14H2,1H3,(H,21,23)/b22-13-. The highest BCUT2D eigenvalue weighted by molar-refractivity contribution is 5.81. The number of hydrazone groups is 1. The molecule has 28 heavy (non-hydrogen) atoms. The van der Waals surface area contributed by atoms with Gasteiger partial charge in [-0.15, -0.1) is 0 Å². The van der Waals surface area contributed by atoms with Gasteiger partial charge in [0.2, 0.25) is 5.82 Å². The molecule has 0 radical (unpaired) electrons. The fourth-order valence-electron chi connectivity index (χ4n) is 2.42. The van der Waals surface area contributed by atoms with Crippen LogP contribution in [0.3, 0.4) is 0 Å². The van der Waals surface area contributed by atoms with E-state index in [9.17, 15) is 10.1 Å². The summed E-state index contributed by atoms with van der Waals surface area (Å²) in [4.78, 5) is 14.4. The van der Waals surface area contributed by atoms with Gasteiger partial charge in [0.25, 0.3) is 0 Å². The number of benzene rings is 2. The van der Waals surface area contributed by atoms with Crippen molar-refractivity contribution in [3.63, 3.8) is 0 Å². The Morgan fingerprint density at radius 1 is 1.14 bits per heavy atom. The topological polar surface area (TPSA) is 98.9 Å². The number of nitro groups is 1. The molecule has 0 aliphatic heterocycles. The number of aromatic nitrogens is 1. The van der Waals surface area contributed by atoms with E-state index >= 15 is 0 Å². The molecule has 0 spiro atoms. The number of ether oxygens (including phenoxy) is 2. The minimum Gasteiger partial charge on any atom is -0.493 e. The third-order valence-corrected chi connectivity index (χ3v) is 3.79. The smallest absolute Gasteiger partial charge is 0.313 e. The second kappa shape index (κ2) is 9.13. The van der Waals surface area contributed by atoms with E-state index in [1.54, 1.807) is 25.3 Å². The lowest BCUT2D eigenvalue weighted by molar-refractivity contribution is -0.384. The molecule has 142 valence electrons. The first kappa shape index (κ1) is 18.8. The predicted molar refractivity (Wildman–Crippen MR) is 106 cm³/mol. The van der Waals surface area contributed by atoms with Crippen molar-refractivity contribution >= 4 is 17.7 Å². The van der Waals surface area contributed by atoms with Crippen LogP contribution >= 0.6 is 0 Å². The molecule has 0 atom stereocenters. The van der Waals surface area contributed by atoms with Crippen LogP contribution in [0.25, 0.3) is 0 Å². The minimum atomic E-state index is -0.520. The van der Waals surface area contributed by atoms with Gasteiger partial charge in [-0.05, 0) is 35.4 Å². The van der Waals surface area contributed by atoms with Gasteiger partial charge < -0.3 is 9.47 Å². The average molecular weight is 378 g/mol. The molecule has 0 bridgehead atoms. The lowest BCUT2D eigenvalue weighted by Crippen LogP contribution is -2.00. The summed E-state index contributed by atoms with van der Waals surface area (Å²) in [5.41, 5.74) is 4.21. The van der Waals surface area contributed by atoms with Crippen LogP contribution in [0.2, 0.25) is 0 Å². The predicted octanol–water partition coefficient (Wildman–Crippen LogP) is 4.02. The van der Waals surface area contributed by atoms with E-state index in [1.165, 1.54) is 24.5 Å². The first-order valence-electron chi connectivity index (χ1n) is 8.40. The van der Waals surface area contributed by atoms with Gasteiger partial charge in [0.05, 0.1) is 18.2 Å². The van der Waals surface area contributed by atoms with Crippen LogP contribution in [0.15, 0.2) is 72.0 Å². The van der Waals surface area contributed by atoms with Crippen LogP contribution in [0.1, 0.15) is 11.1 Å². The molecule has 2 aromatic carbocycles. The molecule has 1 heterocycles. The molecule has 0 aliphatic carbocycles. The van der Waals surface area contributed by atoms with Gasteiger partial charge >= 0.3 is 5.69 Å². The molecule has 0 amide bonds. The third-order valence-electron chi connectivity index (χ3n) is 3.79. The summed E-state index contributed by atoms with van der Waals surface area (Å²) in [5, 5.41) is 15.0. The maximum Gasteiger partial charge on any atom is 0.313 e. The van der Waals surface area contributed by atoms with Gasteiger partial charge in [-0.3, -0.25) is 15.5 Å². The van der Waals surface area contributed by atoms with Crippen molar-refractivity contribution in [3.05, 3.63) is 88.1 Å². The fraction of sp³-hybridized carbons (Fsp3) is 0.100. The fourth-order valence-corrected chi connectivity index (χ4v) is 2.42. The number of rotatable bonds is 8. The van der Waals surface area contributed by atoms with Crippen molar-refractivity contribution in [1.29, 1.82) is 0 Å². The Morgan fingerprint density at radius 3 is 2.71 bits per heavy atom. The lowest BCUT2D eigenvalue weighted by Gasteiger charge is -2.11. The van der Waals surface area contributed by atoms with Gasteiger partial charge in [-0.2, -0.15) is 5.10 Å². The molecule has 0 fully saturated rings. The number of pyridine rings is 1. The highest BCUT2D eigenvalue weighted by Crippen LogP contribution is 2.28. The Kier molecular flexibility index (Phi) is 6.14. The SMILES string of the molecule is COc1ccc(/C=N\Nc2ncccc2[N+](=O)[O-])cc1OCc1ccccc1. The number of anilines is 1. The summed E-state index contributed by atoms with van der Waals surface area (Å²) < 4.78 is 11.2. The zero-order valence-electron chi connectivity index (χ0n) is 15.1. The van der Waals surface area contributed by atoms with E-state index in [2.05, 4.69) is 15.5 Å². The van der Waals surface area contributed by atoms with Gasteiger partial charge in [-0.1, -0.05) is 30.3 Å². The second-order valence-electron chi connectivity index (χ2n) is 5.68. The molecule has 0 unspecified atom stereocenters. The van der Waals surface area contributed by atoms with Crippen molar-refractivity contribution in [1.82, 2.24) is 4.98 Å². The number of nitrogens with one attached hydrogen (secondary N) is 1. The van der Waals surface area contributed by atoms with Gasteiger partial charge in [0.15, 0.2) is 11.5 Å². The Hall–Kier alpha value is -3.94. The zero-order chi connectivity index (χ0) is 19.8. The Balaban J connectivity index is 1.72. The molecule has 8 heteroatoms. The Morgan fingerprint density at radius 2 is 1.96 bits per heavy atom. The molecule has 0 saturated carbocycles. The molecule has 0 saturated heterocycles. The van der Waals surface area contributed by atoms with Crippen LogP contribution < -0.4 is 14.9 Å². The van der Waals surface area contributed by atoms with Crippen molar-refractivity contribution in [2.75, 3.05) is 12.5 Å². The normalized spacial score (nSPS) is 10.6. The maximum absolute atomic E-state index is 11.0. The molecule has 1 aromatic heterocycles.